The van der Waals surface area contributed by atoms with Crippen LogP contribution in [0.5, 0.6) is 0 Å². The highest BCUT2D eigenvalue weighted by Crippen LogP contribution is 2.48. The standard InChI is InChI=1S/C31H29F7N6O2.C27H25F7N4O2/c1-17(21-6-22(30(33,34)35)8-23(7-21)31(36,37)38)46-27-16-44-25(28(27)20-2-4-24(32)5-3-20)9-26(29(44)45)43(14-18-10-39-40-11-18)15-19-12-41-42-13-19;1-14(17-6-18(26(29,30)31)8-19(7-17)27(32,33)34)40-23-13-38-22(24(23)16-2-4-20(28)5-3-16)9-21(25(38)39)35-10-15-11-36-37-12-15/h2-8,10-13,17,25-28H,9,14-16H2,1H3,(H,39,40)(H,41,42);2-8,11-12,14,21-24,35H,9-10,13H2,1H3,(H,36,37)/t17-,25+,26?,27+,28+;14-,21?,22+,23+,24+/m11/s1. The number of rotatable bonds is 16. The average molecular weight is 1220 g/mol. The molecule has 4 aromatic carbocycles. The zero-order chi connectivity index (χ0) is 61.6. The molecule has 11 rings (SSSR count). The molecule has 0 spiro atoms. The van der Waals surface area contributed by atoms with Gasteiger partial charge in [0.2, 0.25) is 11.8 Å². The van der Waals surface area contributed by atoms with E-state index >= 15 is 0 Å². The fourth-order valence-corrected chi connectivity index (χ4v) is 12.1. The summed E-state index contributed by atoms with van der Waals surface area (Å²) in [5.41, 5.74) is -2.50. The van der Waals surface area contributed by atoms with E-state index in [-0.39, 0.29) is 54.2 Å². The second-order valence-corrected chi connectivity index (χ2v) is 21.7. The minimum Gasteiger partial charge on any atom is -0.368 e. The van der Waals surface area contributed by atoms with Crippen LogP contribution in [-0.4, -0.2) is 107 Å². The maximum atomic E-state index is 14.0. The monoisotopic (exact) mass is 1220 g/mol. The van der Waals surface area contributed by atoms with Gasteiger partial charge in [-0.05, 0) is 110 Å². The van der Waals surface area contributed by atoms with Crippen LogP contribution in [0.4, 0.5) is 61.5 Å². The molecule has 10 atom stereocenters. The van der Waals surface area contributed by atoms with Gasteiger partial charge in [0.15, 0.2) is 0 Å². The van der Waals surface area contributed by atoms with E-state index in [1.807, 2.05) is 4.90 Å². The fourth-order valence-electron chi connectivity index (χ4n) is 12.1. The maximum absolute atomic E-state index is 14.0. The molecule has 2 unspecified atom stereocenters. The van der Waals surface area contributed by atoms with Crippen LogP contribution >= 0.6 is 0 Å². The Kier molecular flexibility index (Phi) is 17.3. The van der Waals surface area contributed by atoms with Crippen LogP contribution in [0.1, 0.15) is 112 Å². The number of nitrogens with zero attached hydrogens (tertiary/aromatic N) is 6. The molecule has 4 aliphatic heterocycles. The minimum absolute atomic E-state index is 0.0444. The van der Waals surface area contributed by atoms with Crippen LogP contribution in [0.3, 0.4) is 0 Å². The van der Waals surface area contributed by atoms with E-state index in [1.165, 1.54) is 38.1 Å². The summed E-state index contributed by atoms with van der Waals surface area (Å²) in [5, 5.41) is 23.3. The van der Waals surface area contributed by atoms with Crippen molar-refractivity contribution in [1.82, 2.24) is 50.6 Å². The molecule has 28 heteroatoms. The fraction of sp³-hybridized carbons (Fsp3) is 0.397. The largest absolute Gasteiger partial charge is 0.416 e. The molecule has 4 saturated heterocycles. The smallest absolute Gasteiger partial charge is 0.368 e. The van der Waals surface area contributed by atoms with Crippen LogP contribution in [0.25, 0.3) is 0 Å². The van der Waals surface area contributed by atoms with Gasteiger partial charge < -0.3 is 24.6 Å². The zero-order valence-electron chi connectivity index (χ0n) is 45.4. The van der Waals surface area contributed by atoms with Crippen LogP contribution < -0.4 is 5.32 Å². The highest BCUT2D eigenvalue weighted by atomic mass is 19.4. The molecule has 0 saturated carbocycles. The lowest BCUT2D eigenvalue weighted by Gasteiger charge is -2.30. The number of alkyl halides is 12. The van der Waals surface area contributed by atoms with Gasteiger partial charge in [-0.2, -0.15) is 68.0 Å². The van der Waals surface area contributed by atoms with Crippen molar-refractivity contribution in [2.24, 2.45) is 0 Å². The van der Waals surface area contributed by atoms with E-state index in [9.17, 15) is 71.1 Å². The summed E-state index contributed by atoms with van der Waals surface area (Å²) in [6, 6.07) is 12.1. The number of benzene rings is 4. The first-order chi connectivity index (χ1) is 40.6. The zero-order valence-corrected chi connectivity index (χ0v) is 45.4. The number of H-pyrrole nitrogens is 3. The number of hydrogen-bond acceptors (Lipinski definition) is 9. The third-order valence-electron chi connectivity index (χ3n) is 16.1. The van der Waals surface area contributed by atoms with Gasteiger partial charge in [0.1, 0.15) is 11.6 Å². The molecule has 7 aromatic rings. The third-order valence-corrected chi connectivity index (χ3v) is 16.1. The summed E-state index contributed by atoms with van der Waals surface area (Å²) < 4.78 is 202. The number of aromatic amines is 3. The molecule has 0 aliphatic carbocycles. The van der Waals surface area contributed by atoms with Crippen LogP contribution in [0.15, 0.2) is 122 Å². The molecule has 14 nitrogen and oxygen atoms in total. The van der Waals surface area contributed by atoms with E-state index in [2.05, 4.69) is 35.9 Å². The lowest BCUT2D eigenvalue weighted by molar-refractivity contribution is -0.145. The summed E-state index contributed by atoms with van der Waals surface area (Å²) in [5.74, 6) is -2.37. The Morgan fingerprint density at radius 2 is 0.919 bits per heavy atom. The van der Waals surface area contributed by atoms with Crippen molar-refractivity contribution in [1.29, 1.82) is 0 Å². The molecule has 4 aliphatic rings. The Morgan fingerprint density at radius 1 is 0.547 bits per heavy atom. The molecule has 4 N–H and O–H groups in total. The summed E-state index contributed by atoms with van der Waals surface area (Å²) in [7, 11) is 0. The quantitative estimate of drug-likeness (QED) is 0.0691. The number of fused-ring (bicyclic) bond motifs is 2. The molecule has 86 heavy (non-hydrogen) atoms. The van der Waals surface area contributed by atoms with Gasteiger partial charge in [-0.1, -0.05) is 24.3 Å². The van der Waals surface area contributed by atoms with E-state index in [0.717, 1.165) is 16.7 Å². The summed E-state index contributed by atoms with van der Waals surface area (Å²) in [4.78, 5) is 32.5. The van der Waals surface area contributed by atoms with Crippen LogP contribution in [0, 0.1) is 11.6 Å². The van der Waals surface area contributed by atoms with E-state index < -0.39 is 113 Å². The van der Waals surface area contributed by atoms with Crippen LogP contribution in [0.2, 0.25) is 0 Å². The first kappa shape index (κ1) is 61.4. The van der Waals surface area contributed by atoms with Crippen molar-refractivity contribution >= 4 is 11.8 Å². The molecule has 458 valence electrons. The van der Waals surface area contributed by atoms with Crippen molar-refractivity contribution in [3.05, 3.63) is 195 Å². The second-order valence-electron chi connectivity index (χ2n) is 21.7. The number of carbonyl (C=O) groups excluding carboxylic acids is 2. The average Bonchev–Trinajstić information content (AvgIpc) is 1.65. The van der Waals surface area contributed by atoms with Crippen molar-refractivity contribution < 1.29 is 80.5 Å². The van der Waals surface area contributed by atoms with Gasteiger partial charge in [-0.15, -0.1) is 0 Å². The van der Waals surface area contributed by atoms with Crippen LogP contribution in [-0.2, 0) is 63.4 Å². The van der Waals surface area contributed by atoms with E-state index in [1.54, 1.807) is 71.2 Å². The SMILES string of the molecule is C[C@@H](O[C@H]1CN2C(=O)C(N(Cc3cn[nH]c3)Cc3cn[nH]c3)C[C@H]2[C@@H]1c1ccc(F)cc1)c1cc(C(F)(F)F)cc(C(F)(F)F)c1.C[C@@H](O[C@H]1CN2C(=O)C(NCc3cn[nH]c3)C[C@H]2[C@@H]1c1ccc(F)cc1)c1cc(C(F)(F)F)cc(C(F)(F)F)c1. The molecule has 7 heterocycles. The first-order valence-electron chi connectivity index (χ1n) is 27.0. The van der Waals surface area contributed by atoms with Gasteiger partial charge in [0.05, 0.1) is 77.3 Å². The summed E-state index contributed by atoms with van der Waals surface area (Å²) in [6.45, 7) is 4.05. The molecular weight excluding hydrogens is 1170 g/mol. The van der Waals surface area contributed by atoms with Crippen molar-refractivity contribution in [3.8, 4) is 0 Å². The lowest BCUT2D eigenvalue weighted by Crippen LogP contribution is -2.42. The number of amides is 2. The highest BCUT2D eigenvalue weighted by Gasteiger charge is 2.55. The number of carbonyl (C=O) groups is 2. The van der Waals surface area contributed by atoms with Gasteiger partial charge in [-0.25, -0.2) is 8.78 Å². The summed E-state index contributed by atoms with van der Waals surface area (Å²) in [6.07, 6.45) is -13.1. The van der Waals surface area contributed by atoms with Gasteiger partial charge in [0.25, 0.3) is 0 Å². The number of nitrogens with one attached hydrogen (secondary N) is 4. The Hall–Kier alpha value is -7.69. The predicted molar refractivity (Wildman–Crippen MR) is 277 cm³/mol. The topological polar surface area (TPSA) is 160 Å². The first-order valence-corrected chi connectivity index (χ1v) is 27.0. The number of hydrogen-bond donors (Lipinski definition) is 4. The Bertz CT molecular complexity index is 3330. The molecule has 0 radical (unpaired) electrons. The minimum atomic E-state index is -5.01. The van der Waals surface area contributed by atoms with Gasteiger partial charge in [0, 0.05) is 91.9 Å². The van der Waals surface area contributed by atoms with E-state index in [4.69, 9.17) is 9.47 Å². The molecule has 2 amide bonds. The van der Waals surface area contributed by atoms with Gasteiger partial charge >= 0.3 is 24.7 Å². The Balaban J connectivity index is 0.000000193. The predicted octanol–water partition coefficient (Wildman–Crippen LogP) is 11.8. The Labute approximate surface area is 481 Å². The lowest BCUT2D eigenvalue weighted by atomic mass is 9.87. The van der Waals surface area contributed by atoms with E-state index in [0.29, 0.717) is 67.9 Å². The molecule has 4 fully saturated rings. The third kappa shape index (κ3) is 13.6. The van der Waals surface area contributed by atoms with Gasteiger partial charge in [-0.3, -0.25) is 29.8 Å². The highest BCUT2D eigenvalue weighted by molar-refractivity contribution is 5.86. The maximum Gasteiger partial charge on any atom is 0.416 e. The number of aromatic nitrogens is 6. The van der Waals surface area contributed by atoms with Crippen molar-refractivity contribution in [2.75, 3.05) is 13.1 Å². The molecule has 0 bridgehead atoms. The van der Waals surface area contributed by atoms with Crippen molar-refractivity contribution in [2.45, 2.75) is 131 Å². The summed E-state index contributed by atoms with van der Waals surface area (Å²) >= 11 is 0. The molecule has 3 aromatic heterocycles. The second kappa shape index (κ2) is 24.2. The van der Waals surface area contributed by atoms with Crippen molar-refractivity contribution in [3.63, 3.8) is 0 Å². The molecular formula is C58H54F14N10O4. The normalized spacial score (nSPS) is 23.2. The number of ether oxygens (including phenoxy) is 2. The Morgan fingerprint density at radius 3 is 1.29 bits per heavy atom. The number of halogens is 14.